The van der Waals surface area contributed by atoms with Gasteiger partial charge in [-0.3, -0.25) is 4.84 Å². The third kappa shape index (κ3) is 6.68. The smallest absolute Gasteiger partial charge is 0.434 e. The van der Waals surface area contributed by atoms with E-state index >= 15 is 0 Å². The first-order valence-electron chi connectivity index (χ1n) is 4.75. The Hall–Kier alpha value is -0.810. The molecule has 0 heterocycles. The van der Waals surface area contributed by atoms with Crippen molar-refractivity contribution in [2.75, 3.05) is 20.2 Å². The first-order valence-corrected chi connectivity index (χ1v) is 4.75. The molecule has 0 aliphatic carbocycles. The number of ether oxygens (including phenoxy) is 1. The molecule has 3 N–H and O–H groups in total. The number of hydrogen-bond donors (Lipinski definition) is 1. The fraction of sp³-hybridized carbons (Fsp3) is 0.889. The van der Waals surface area contributed by atoms with Crippen LogP contribution in [0.5, 0.6) is 0 Å². The lowest BCUT2D eigenvalue weighted by atomic mass is 10.2. The summed E-state index contributed by atoms with van der Waals surface area (Å²) in [7, 11) is 1.54. The van der Waals surface area contributed by atoms with Crippen molar-refractivity contribution in [2.45, 2.75) is 32.8 Å². The van der Waals surface area contributed by atoms with E-state index in [1.54, 1.807) is 0 Å². The molecule has 0 radical (unpaired) electrons. The van der Waals surface area contributed by atoms with Gasteiger partial charge in [-0.05, 0) is 20.8 Å². The Balaban J connectivity index is 3.77. The van der Waals surface area contributed by atoms with Gasteiger partial charge >= 0.3 is 6.09 Å². The summed E-state index contributed by atoms with van der Waals surface area (Å²) < 4.78 is 5.08. The maximum Gasteiger partial charge on any atom is 0.434 e. The van der Waals surface area contributed by atoms with Gasteiger partial charge in [0.2, 0.25) is 0 Å². The molecule has 5 nitrogen and oxygen atoms in total. The molecule has 0 aromatic rings. The summed E-state index contributed by atoms with van der Waals surface area (Å²) in [5.74, 6) is 0. The molecule has 0 atom stereocenters. The zero-order valence-corrected chi connectivity index (χ0v) is 9.50. The third-order valence-electron chi connectivity index (χ3n) is 1.33. The molecule has 0 rings (SSSR count). The van der Waals surface area contributed by atoms with Crippen LogP contribution in [0, 0.1) is 0 Å². The van der Waals surface area contributed by atoms with E-state index in [9.17, 15) is 4.79 Å². The Morgan fingerprint density at radius 2 is 2.00 bits per heavy atom. The second-order valence-electron chi connectivity index (χ2n) is 4.02. The van der Waals surface area contributed by atoms with Crippen molar-refractivity contribution in [3.05, 3.63) is 0 Å². The van der Waals surface area contributed by atoms with Crippen molar-refractivity contribution >= 4 is 6.09 Å². The van der Waals surface area contributed by atoms with Crippen molar-refractivity contribution in [3.63, 3.8) is 0 Å². The van der Waals surface area contributed by atoms with Crippen LogP contribution in [0.1, 0.15) is 27.2 Å². The van der Waals surface area contributed by atoms with Gasteiger partial charge in [0.25, 0.3) is 0 Å². The SMILES string of the molecule is CN(OCCC[NH3+])C(=O)OC(C)(C)C. The molecule has 0 aromatic carbocycles. The van der Waals surface area contributed by atoms with Gasteiger partial charge in [0.15, 0.2) is 0 Å². The van der Waals surface area contributed by atoms with Crippen LogP contribution in [-0.4, -0.2) is 37.0 Å². The van der Waals surface area contributed by atoms with Crippen LogP contribution in [0.15, 0.2) is 0 Å². The van der Waals surface area contributed by atoms with Crippen LogP contribution in [-0.2, 0) is 9.57 Å². The topological polar surface area (TPSA) is 66.4 Å². The van der Waals surface area contributed by atoms with E-state index < -0.39 is 11.7 Å². The molecule has 0 saturated heterocycles. The number of nitrogens with zero attached hydrogens (tertiary/aromatic N) is 1. The second-order valence-corrected chi connectivity index (χ2v) is 4.02. The van der Waals surface area contributed by atoms with E-state index in [-0.39, 0.29) is 0 Å². The minimum absolute atomic E-state index is 0.471. The summed E-state index contributed by atoms with van der Waals surface area (Å²) in [5, 5.41) is 1.11. The third-order valence-corrected chi connectivity index (χ3v) is 1.33. The Morgan fingerprint density at radius 3 is 2.43 bits per heavy atom. The van der Waals surface area contributed by atoms with Gasteiger partial charge < -0.3 is 10.5 Å². The van der Waals surface area contributed by atoms with Crippen LogP contribution < -0.4 is 5.73 Å². The molecule has 84 valence electrons. The maximum atomic E-state index is 11.3. The molecule has 0 unspecified atom stereocenters. The fourth-order valence-corrected chi connectivity index (χ4v) is 0.682. The number of rotatable bonds is 4. The van der Waals surface area contributed by atoms with E-state index in [1.165, 1.54) is 7.05 Å². The van der Waals surface area contributed by atoms with Crippen molar-refractivity contribution in [3.8, 4) is 0 Å². The van der Waals surface area contributed by atoms with Crippen LogP contribution >= 0.6 is 0 Å². The van der Waals surface area contributed by atoms with E-state index in [0.717, 1.165) is 18.0 Å². The monoisotopic (exact) mass is 205 g/mol. The van der Waals surface area contributed by atoms with E-state index in [0.29, 0.717) is 6.61 Å². The normalized spacial score (nSPS) is 11.2. The van der Waals surface area contributed by atoms with Crippen molar-refractivity contribution in [1.29, 1.82) is 0 Å². The Bertz CT molecular complexity index is 177. The summed E-state index contributed by atoms with van der Waals surface area (Å²) in [5.41, 5.74) is 3.19. The largest absolute Gasteiger partial charge is 0.442 e. The highest BCUT2D eigenvalue weighted by Gasteiger charge is 2.19. The number of amides is 1. The van der Waals surface area contributed by atoms with Gasteiger partial charge in [-0.15, -0.1) is 0 Å². The zero-order chi connectivity index (χ0) is 11.2. The van der Waals surface area contributed by atoms with E-state index in [2.05, 4.69) is 5.73 Å². The molecular weight excluding hydrogens is 184 g/mol. The summed E-state index contributed by atoms with van der Waals surface area (Å²) in [6.07, 6.45) is 0.356. The lowest BCUT2D eigenvalue weighted by molar-refractivity contribution is -0.370. The minimum Gasteiger partial charge on any atom is -0.442 e. The summed E-state index contributed by atoms with van der Waals surface area (Å²) >= 11 is 0. The summed E-state index contributed by atoms with van der Waals surface area (Å²) in [4.78, 5) is 16.4. The molecule has 0 aromatic heterocycles. The van der Waals surface area contributed by atoms with Gasteiger partial charge in [0.05, 0.1) is 13.2 Å². The van der Waals surface area contributed by atoms with Gasteiger partial charge in [-0.2, -0.15) is 5.06 Å². The van der Waals surface area contributed by atoms with Crippen LogP contribution in [0.2, 0.25) is 0 Å². The highest BCUT2D eigenvalue weighted by molar-refractivity contribution is 5.66. The first-order chi connectivity index (χ1) is 6.37. The molecule has 1 amide bonds. The summed E-state index contributed by atoms with van der Waals surface area (Å²) in [6, 6.07) is 0. The van der Waals surface area contributed by atoms with Crippen LogP contribution in [0.4, 0.5) is 4.79 Å². The molecule has 14 heavy (non-hydrogen) atoms. The Morgan fingerprint density at radius 1 is 1.43 bits per heavy atom. The van der Waals surface area contributed by atoms with Gasteiger partial charge in [-0.25, -0.2) is 4.79 Å². The highest BCUT2D eigenvalue weighted by atomic mass is 16.7. The predicted molar refractivity (Wildman–Crippen MR) is 52.3 cm³/mol. The predicted octanol–water partition coefficient (Wildman–Crippen LogP) is 0.417. The van der Waals surface area contributed by atoms with E-state index in [4.69, 9.17) is 9.57 Å². The van der Waals surface area contributed by atoms with E-state index in [1.807, 2.05) is 20.8 Å². The summed E-state index contributed by atoms with van der Waals surface area (Å²) in [6.45, 7) is 6.72. The van der Waals surface area contributed by atoms with Gasteiger partial charge in [-0.1, -0.05) is 0 Å². The maximum absolute atomic E-state index is 11.3. The first kappa shape index (κ1) is 13.2. The van der Waals surface area contributed by atoms with Crippen molar-refractivity contribution < 1.29 is 20.1 Å². The zero-order valence-electron chi connectivity index (χ0n) is 9.50. The number of carbonyl (C=O) groups excluding carboxylic acids is 1. The van der Waals surface area contributed by atoms with Crippen molar-refractivity contribution in [2.24, 2.45) is 0 Å². The molecule has 0 bridgehead atoms. The Labute approximate surface area is 85.1 Å². The van der Waals surface area contributed by atoms with Gasteiger partial charge in [0, 0.05) is 13.5 Å². The lowest BCUT2D eigenvalue weighted by Gasteiger charge is -2.23. The molecule has 0 aliphatic heterocycles. The molecule has 0 aliphatic rings. The highest BCUT2D eigenvalue weighted by Crippen LogP contribution is 2.09. The van der Waals surface area contributed by atoms with Crippen molar-refractivity contribution in [1.82, 2.24) is 5.06 Å². The minimum atomic E-state index is -0.485. The second kappa shape index (κ2) is 5.82. The molecule has 0 spiro atoms. The van der Waals surface area contributed by atoms with Crippen LogP contribution in [0.25, 0.3) is 0 Å². The number of carbonyl (C=O) groups is 1. The number of hydrogen-bond acceptors (Lipinski definition) is 3. The van der Waals surface area contributed by atoms with Gasteiger partial charge in [0.1, 0.15) is 5.60 Å². The van der Waals surface area contributed by atoms with Crippen LogP contribution in [0.3, 0.4) is 0 Å². The average Bonchev–Trinajstić information content (AvgIpc) is 2.01. The standard InChI is InChI=1S/C9H20N2O3/c1-9(2,3)14-8(12)11(4)13-7-5-6-10/h5-7,10H2,1-4H3/p+1. The fourth-order valence-electron chi connectivity index (χ4n) is 0.682. The average molecular weight is 205 g/mol. The Kier molecular flexibility index (Phi) is 5.49. The lowest BCUT2D eigenvalue weighted by Crippen LogP contribution is -2.50. The molecule has 5 heteroatoms. The number of hydroxylamine groups is 2. The molecule has 0 fully saturated rings. The molecular formula is C9H21N2O3+. The quantitative estimate of drug-likeness (QED) is 0.534. The molecule has 0 saturated carbocycles. The number of quaternary nitrogens is 1.